The zero-order valence-corrected chi connectivity index (χ0v) is 17.5. The maximum Gasteiger partial charge on any atom is 0.319 e. The van der Waals surface area contributed by atoms with E-state index in [1.54, 1.807) is 0 Å². The third kappa shape index (κ3) is 5.86. The van der Waals surface area contributed by atoms with E-state index < -0.39 is 27.7 Å². The van der Waals surface area contributed by atoms with E-state index in [4.69, 9.17) is 0 Å². The van der Waals surface area contributed by atoms with Gasteiger partial charge in [0.05, 0.1) is 4.90 Å². The van der Waals surface area contributed by atoms with E-state index in [0.717, 1.165) is 24.5 Å². The lowest BCUT2D eigenvalue weighted by atomic mass is 10.0. The molecule has 1 aliphatic rings. The molecule has 0 bridgehead atoms. The van der Waals surface area contributed by atoms with Gasteiger partial charge in [-0.15, -0.1) is 0 Å². The highest BCUT2D eigenvalue weighted by Gasteiger charge is 2.29. The van der Waals surface area contributed by atoms with Crippen LogP contribution in [0.25, 0.3) is 0 Å². The Balaban J connectivity index is 1.52. The molecule has 31 heavy (non-hydrogen) atoms. The zero-order chi connectivity index (χ0) is 22.4. The summed E-state index contributed by atoms with van der Waals surface area (Å²) in [6.07, 6.45) is 1.99. The van der Waals surface area contributed by atoms with Crippen molar-refractivity contribution < 1.29 is 26.8 Å². The Morgan fingerprint density at radius 2 is 1.77 bits per heavy atom. The summed E-state index contributed by atoms with van der Waals surface area (Å²) in [5, 5.41) is 5.10. The van der Waals surface area contributed by atoms with Crippen molar-refractivity contribution in [2.24, 2.45) is 5.92 Å². The number of halogens is 2. The molecule has 0 aliphatic carbocycles. The molecular formula is C21H23F2N3O4S. The highest BCUT2D eigenvalue weighted by atomic mass is 32.2. The van der Waals surface area contributed by atoms with E-state index in [9.17, 15) is 26.8 Å². The van der Waals surface area contributed by atoms with Crippen LogP contribution in [0.1, 0.15) is 18.4 Å². The molecule has 7 nitrogen and oxygen atoms in total. The number of hydrogen-bond donors (Lipinski definition) is 2. The third-order valence-electron chi connectivity index (χ3n) is 5.13. The van der Waals surface area contributed by atoms with Crippen molar-refractivity contribution in [2.45, 2.75) is 24.2 Å². The number of carbonyl (C=O) groups is 2. The number of urea groups is 1. The van der Waals surface area contributed by atoms with Crippen LogP contribution in [0.4, 0.5) is 19.3 Å². The molecule has 0 aromatic heterocycles. The molecule has 10 heteroatoms. The summed E-state index contributed by atoms with van der Waals surface area (Å²) >= 11 is 0. The maximum atomic E-state index is 13.6. The zero-order valence-electron chi connectivity index (χ0n) is 16.7. The van der Waals surface area contributed by atoms with Crippen LogP contribution >= 0.6 is 0 Å². The van der Waals surface area contributed by atoms with Gasteiger partial charge in [0.1, 0.15) is 17.9 Å². The van der Waals surface area contributed by atoms with Gasteiger partial charge in [-0.3, -0.25) is 0 Å². The van der Waals surface area contributed by atoms with Gasteiger partial charge < -0.3 is 15.4 Å². The van der Waals surface area contributed by atoms with E-state index in [1.165, 1.54) is 28.6 Å². The van der Waals surface area contributed by atoms with Crippen LogP contribution in [0.3, 0.4) is 0 Å². The molecule has 0 unspecified atom stereocenters. The van der Waals surface area contributed by atoms with Gasteiger partial charge in [0.25, 0.3) is 0 Å². The molecule has 1 saturated heterocycles. The molecule has 2 aromatic carbocycles. The second-order valence-corrected chi connectivity index (χ2v) is 9.21. The highest BCUT2D eigenvalue weighted by Crippen LogP contribution is 2.24. The maximum absolute atomic E-state index is 13.6. The molecule has 0 radical (unpaired) electrons. The lowest BCUT2D eigenvalue weighted by Gasteiger charge is -2.28. The second kappa shape index (κ2) is 9.97. The van der Waals surface area contributed by atoms with Crippen LogP contribution in [-0.2, 0) is 21.2 Å². The first kappa shape index (κ1) is 22.8. The monoisotopic (exact) mass is 451 g/mol. The molecular weight excluding hydrogens is 428 g/mol. The van der Waals surface area contributed by atoms with Gasteiger partial charge in [0, 0.05) is 31.2 Å². The summed E-state index contributed by atoms with van der Waals surface area (Å²) in [5.74, 6) is -1.20. The fraction of sp³-hybridized carbons (Fsp3) is 0.333. The Kier molecular flexibility index (Phi) is 7.34. The predicted molar refractivity (Wildman–Crippen MR) is 111 cm³/mol. The van der Waals surface area contributed by atoms with Crippen LogP contribution in [0.2, 0.25) is 0 Å². The van der Waals surface area contributed by atoms with Crippen molar-refractivity contribution in [3.05, 3.63) is 59.7 Å². The molecule has 0 saturated carbocycles. The van der Waals surface area contributed by atoms with Crippen LogP contribution < -0.4 is 10.6 Å². The predicted octanol–water partition coefficient (Wildman–Crippen LogP) is 2.93. The average Bonchev–Trinajstić information content (AvgIpc) is 2.76. The first-order chi connectivity index (χ1) is 14.8. The lowest BCUT2D eigenvalue weighted by Crippen LogP contribution is -2.38. The van der Waals surface area contributed by atoms with Gasteiger partial charge in [-0.05, 0) is 67.3 Å². The summed E-state index contributed by atoms with van der Waals surface area (Å²) in [5.41, 5.74) is 0.542. The van der Waals surface area contributed by atoms with Gasteiger partial charge in [-0.1, -0.05) is 0 Å². The van der Waals surface area contributed by atoms with E-state index in [-0.39, 0.29) is 29.3 Å². The van der Waals surface area contributed by atoms with Gasteiger partial charge >= 0.3 is 6.03 Å². The first-order valence-electron chi connectivity index (χ1n) is 9.84. The molecule has 2 amide bonds. The van der Waals surface area contributed by atoms with Crippen LogP contribution in [0, 0.1) is 17.6 Å². The third-order valence-corrected chi connectivity index (χ3v) is 7.04. The summed E-state index contributed by atoms with van der Waals surface area (Å²) in [7, 11) is -3.67. The van der Waals surface area contributed by atoms with Crippen LogP contribution in [0.5, 0.6) is 0 Å². The van der Waals surface area contributed by atoms with Gasteiger partial charge in [-0.2, -0.15) is 4.31 Å². The molecule has 2 aromatic rings. The Hall–Kier alpha value is -2.85. The highest BCUT2D eigenvalue weighted by molar-refractivity contribution is 7.89. The Labute approximate surface area is 179 Å². The lowest BCUT2D eigenvalue weighted by molar-refractivity contribution is -0.112. The van der Waals surface area contributed by atoms with E-state index >= 15 is 0 Å². The molecule has 1 fully saturated rings. The molecule has 166 valence electrons. The number of sulfonamides is 1. The summed E-state index contributed by atoms with van der Waals surface area (Å²) < 4.78 is 53.5. The van der Waals surface area contributed by atoms with Crippen molar-refractivity contribution in [3.8, 4) is 0 Å². The number of amides is 2. The average molecular weight is 451 g/mol. The Morgan fingerprint density at radius 3 is 2.42 bits per heavy atom. The van der Waals surface area contributed by atoms with Crippen molar-refractivity contribution in [1.29, 1.82) is 0 Å². The van der Waals surface area contributed by atoms with Crippen molar-refractivity contribution in [3.63, 3.8) is 0 Å². The topological polar surface area (TPSA) is 95.6 Å². The molecule has 0 spiro atoms. The minimum absolute atomic E-state index is 0.0927. The first-order valence-corrected chi connectivity index (χ1v) is 11.3. The molecule has 1 aliphatic heterocycles. The fourth-order valence-corrected chi connectivity index (χ4v) is 4.80. The van der Waals surface area contributed by atoms with Crippen molar-refractivity contribution >= 4 is 28.0 Å². The summed E-state index contributed by atoms with van der Waals surface area (Å²) in [6.45, 7) is 0.676. The van der Waals surface area contributed by atoms with Gasteiger partial charge in [-0.25, -0.2) is 22.0 Å². The van der Waals surface area contributed by atoms with Crippen molar-refractivity contribution in [2.75, 3.05) is 25.0 Å². The summed E-state index contributed by atoms with van der Waals surface area (Å²) in [4.78, 5) is 22.9. The fourth-order valence-electron chi connectivity index (χ4n) is 3.33. The van der Waals surface area contributed by atoms with Gasteiger partial charge in [0.2, 0.25) is 10.0 Å². The number of anilines is 1. The SMILES string of the molecule is O=CC1CCN(S(=O)(=O)c2ccc(NC(=O)NCCc3cc(F)ccc3F)cc2)CC1. The van der Waals surface area contributed by atoms with E-state index in [2.05, 4.69) is 10.6 Å². The number of hydrogen-bond acceptors (Lipinski definition) is 4. The number of rotatable bonds is 7. The number of aldehydes is 1. The standard InChI is InChI=1S/C21H23F2N3O4S/c22-17-1-6-20(23)16(13-17)7-10-24-21(28)25-18-2-4-19(5-3-18)31(29,30)26-11-8-15(14-27)9-12-26/h1-6,13-15H,7-12H2,(H2,24,25,28). The molecule has 3 rings (SSSR count). The van der Waals surface area contributed by atoms with E-state index in [0.29, 0.717) is 31.6 Å². The van der Waals surface area contributed by atoms with Crippen LogP contribution in [0.15, 0.2) is 47.4 Å². The second-order valence-electron chi connectivity index (χ2n) is 7.27. The summed E-state index contributed by atoms with van der Waals surface area (Å²) in [6, 6.07) is 8.32. The Bertz CT molecular complexity index is 1040. The molecule has 1 heterocycles. The Morgan fingerprint density at radius 1 is 1.10 bits per heavy atom. The van der Waals surface area contributed by atoms with Gasteiger partial charge in [0.15, 0.2) is 0 Å². The number of piperidine rings is 1. The number of benzene rings is 2. The van der Waals surface area contributed by atoms with Crippen LogP contribution in [-0.4, -0.2) is 44.7 Å². The quantitative estimate of drug-likeness (QED) is 0.633. The minimum Gasteiger partial charge on any atom is -0.338 e. The number of carbonyl (C=O) groups excluding carboxylic acids is 2. The molecule has 0 atom stereocenters. The minimum atomic E-state index is -3.67. The number of nitrogens with zero attached hydrogens (tertiary/aromatic N) is 1. The van der Waals surface area contributed by atoms with Crippen molar-refractivity contribution in [1.82, 2.24) is 9.62 Å². The number of nitrogens with one attached hydrogen (secondary N) is 2. The molecule has 2 N–H and O–H groups in total. The largest absolute Gasteiger partial charge is 0.338 e. The normalized spacial score (nSPS) is 15.4. The van der Waals surface area contributed by atoms with E-state index in [1.807, 2.05) is 0 Å². The smallest absolute Gasteiger partial charge is 0.319 e.